The molecule has 144 valence electrons. The molecular formula is C22H24N4O2. The third kappa shape index (κ3) is 3.86. The normalized spacial score (nSPS) is 13.4. The summed E-state index contributed by atoms with van der Waals surface area (Å²) in [5.74, 6) is 2.88. The van der Waals surface area contributed by atoms with E-state index in [-0.39, 0.29) is 0 Å². The molecule has 28 heavy (non-hydrogen) atoms. The van der Waals surface area contributed by atoms with Crippen LogP contribution in [-0.2, 0) is 0 Å². The van der Waals surface area contributed by atoms with Gasteiger partial charge in [0.05, 0.1) is 19.9 Å². The van der Waals surface area contributed by atoms with Crippen LogP contribution in [0.15, 0.2) is 54.6 Å². The molecule has 2 heterocycles. The molecule has 0 saturated carbocycles. The van der Waals surface area contributed by atoms with Crippen molar-refractivity contribution in [1.82, 2.24) is 9.97 Å². The van der Waals surface area contributed by atoms with Crippen molar-refractivity contribution in [3.63, 3.8) is 0 Å². The molecule has 0 radical (unpaired) electrons. The number of hydrogen-bond acceptors (Lipinski definition) is 6. The molecule has 1 aliphatic rings. The van der Waals surface area contributed by atoms with Crippen molar-refractivity contribution in [1.29, 1.82) is 0 Å². The molecule has 0 atom stereocenters. The molecule has 0 bridgehead atoms. The van der Waals surface area contributed by atoms with E-state index in [4.69, 9.17) is 19.4 Å². The van der Waals surface area contributed by atoms with Crippen LogP contribution < -0.4 is 19.7 Å². The van der Waals surface area contributed by atoms with Crippen LogP contribution in [0.25, 0.3) is 11.3 Å². The first kappa shape index (κ1) is 18.1. The molecule has 6 nitrogen and oxygen atoms in total. The Morgan fingerprint density at radius 1 is 0.857 bits per heavy atom. The second-order valence-electron chi connectivity index (χ2n) is 6.69. The van der Waals surface area contributed by atoms with Gasteiger partial charge in [-0.2, -0.15) is 4.98 Å². The van der Waals surface area contributed by atoms with Gasteiger partial charge in [-0.1, -0.05) is 30.3 Å². The van der Waals surface area contributed by atoms with Crippen LogP contribution in [-0.4, -0.2) is 37.3 Å². The number of benzene rings is 2. The summed E-state index contributed by atoms with van der Waals surface area (Å²) >= 11 is 0. The van der Waals surface area contributed by atoms with E-state index in [2.05, 4.69) is 22.3 Å². The van der Waals surface area contributed by atoms with Crippen molar-refractivity contribution in [2.45, 2.75) is 12.8 Å². The Labute approximate surface area is 165 Å². The van der Waals surface area contributed by atoms with Gasteiger partial charge in [0.25, 0.3) is 0 Å². The van der Waals surface area contributed by atoms with Crippen LogP contribution in [0.4, 0.5) is 17.5 Å². The fourth-order valence-corrected chi connectivity index (χ4v) is 3.38. The number of nitrogens with one attached hydrogen (secondary N) is 1. The lowest BCUT2D eigenvalue weighted by Gasteiger charge is -2.18. The monoisotopic (exact) mass is 376 g/mol. The van der Waals surface area contributed by atoms with Crippen molar-refractivity contribution in [2.24, 2.45) is 0 Å². The average molecular weight is 376 g/mol. The van der Waals surface area contributed by atoms with Crippen LogP contribution in [0, 0.1) is 0 Å². The van der Waals surface area contributed by atoms with E-state index in [0.29, 0.717) is 11.5 Å². The van der Waals surface area contributed by atoms with Crippen molar-refractivity contribution >= 4 is 17.5 Å². The van der Waals surface area contributed by atoms with Crippen LogP contribution in [0.3, 0.4) is 0 Å². The molecule has 6 heteroatoms. The summed E-state index contributed by atoms with van der Waals surface area (Å²) in [5, 5.41) is 3.39. The van der Waals surface area contributed by atoms with Gasteiger partial charge in [-0.25, -0.2) is 4.98 Å². The topological polar surface area (TPSA) is 59.5 Å². The second kappa shape index (κ2) is 8.17. The molecule has 0 aliphatic carbocycles. The zero-order valence-corrected chi connectivity index (χ0v) is 16.2. The van der Waals surface area contributed by atoms with E-state index in [1.54, 1.807) is 14.2 Å². The van der Waals surface area contributed by atoms with Gasteiger partial charge in [0.2, 0.25) is 5.95 Å². The van der Waals surface area contributed by atoms with Crippen molar-refractivity contribution in [3.05, 3.63) is 54.6 Å². The van der Waals surface area contributed by atoms with E-state index in [1.807, 2.05) is 42.5 Å². The van der Waals surface area contributed by atoms with Crippen LogP contribution in [0.2, 0.25) is 0 Å². The third-order valence-electron chi connectivity index (χ3n) is 4.83. The average Bonchev–Trinajstić information content (AvgIpc) is 3.29. The van der Waals surface area contributed by atoms with Crippen molar-refractivity contribution in [3.8, 4) is 22.8 Å². The van der Waals surface area contributed by atoms with Gasteiger partial charge in [0.1, 0.15) is 5.82 Å². The molecule has 1 aromatic heterocycles. The minimum Gasteiger partial charge on any atom is -0.493 e. The minimum atomic E-state index is 0.671. The van der Waals surface area contributed by atoms with E-state index in [0.717, 1.165) is 41.8 Å². The molecule has 0 unspecified atom stereocenters. The number of hydrogen-bond donors (Lipinski definition) is 1. The fraction of sp³-hybridized carbons (Fsp3) is 0.273. The lowest BCUT2D eigenvalue weighted by molar-refractivity contribution is 0.355. The van der Waals surface area contributed by atoms with Gasteiger partial charge < -0.3 is 19.7 Å². The quantitative estimate of drug-likeness (QED) is 0.683. The molecule has 1 N–H and O–H groups in total. The van der Waals surface area contributed by atoms with Gasteiger partial charge >= 0.3 is 0 Å². The van der Waals surface area contributed by atoms with E-state index >= 15 is 0 Å². The van der Waals surface area contributed by atoms with E-state index in [1.165, 1.54) is 12.8 Å². The first-order valence-electron chi connectivity index (χ1n) is 9.45. The van der Waals surface area contributed by atoms with Crippen molar-refractivity contribution in [2.75, 3.05) is 37.5 Å². The smallest absolute Gasteiger partial charge is 0.227 e. The summed E-state index contributed by atoms with van der Waals surface area (Å²) in [5.41, 5.74) is 2.85. The van der Waals surface area contributed by atoms with Gasteiger partial charge in [-0.05, 0) is 25.0 Å². The summed E-state index contributed by atoms with van der Waals surface area (Å²) in [7, 11) is 3.26. The van der Waals surface area contributed by atoms with Crippen molar-refractivity contribution < 1.29 is 9.47 Å². The van der Waals surface area contributed by atoms with Gasteiger partial charge in [0, 0.05) is 36.5 Å². The number of ether oxygens (including phenoxy) is 2. The Morgan fingerprint density at radius 2 is 1.61 bits per heavy atom. The maximum Gasteiger partial charge on any atom is 0.227 e. The zero-order valence-electron chi connectivity index (χ0n) is 16.2. The molecule has 0 spiro atoms. The number of aromatic nitrogens is 2. The molecule has 1 fully saturated rings. The maximum atomic E-state index is 5.41. The number of nitrogens with zero attached hydrogens (tertiary/aromatic N) is 3. The van der Waals surface area contributed by atoms with Gasteiger partial charge in [-0.3, -0.25) is 0 Å². The highest BCUT2D eigenvalue weighted by Crippen LogP contribution is 2.32. The molecule has 0 amide bonds. The predicted octanol–water partition coefficient (Wildman–Crippen LogP) is 4.50. The maximum absolute atomic E-state index is 5.41. The SMILES string of the molecule is COc1ccc(Nc2cc(-c3ccccc3)nc(N3CCCC3)n2)cc1OC. The zero-order chi connectivity index (χ0) is 19.3. The molecule has 1 saturated heterocycles. The lowest BCUT2D eigenvalue weighted by Crippen LogP contribution is -2.21. The highest BCUT2D eigenvalue weighted by Gasteiger charge is 2.17. The minimum absolute atomic E-state index is 0.671. The Bertz CT molecular complexity index is 941. The van der Waals surface area contributed by atoms with Crippen LogP contribution >= 0.6 is 0 Å². The molecule has 2 aromatic carbocycles. The summed E-state index contributed by atoms with van der Waals surface area (Å²) < 4.78 is 10.7. The van der Waals surface area contributed by atoms with E-state index in [9.17, 15) is 0 Å². The van der Waals surface area contributed by atoms with Gasteiger partial charge in [0.15, 0.2) is 11.5 Å². The standard InChI is InChI=1S/C22H24N4O2/c1-27-19-11-10-17(14-20(19)28-2)23-21-15-18(16-8-4-3-5-9-16)24-22(25-21)26-12-6-7-13-26/h3-5,8-11,14-15H,6-7,12-13H2,1-2H3,(H,23,24,25). The molecule has 1 aliphatic heterocycles. The number of rotatable bonds is 6. The largest absolute Gasteiger partial charge is 0.493 e. The predicted molar refractivity (Wildman–Crippen MR) is 112 cm³/mol. The second-order valence-corrected chi connectivity index (χ2v) is 6.69. The molecule has 3 aromatic rings. The first-order chi connectivity index (χ1) is 13.8. The molecule has 4 rings (SSSR count). The first-order valence-corrected chi connectivity index (χ1v) is 9.45. The number of anilines is 3. The Morgan fingerprint density at radius 3 is 2.32 bits per heavy atom. The summed E-state index contributed by atoms with van der Waals surface area (Å²) in [6.07, 6.45) is 2.36. The Kier molecular flexibility index (Phi) is 5.28. The highest BCUT2D eigenvalue weighted by molar-refractivity contribution is 5.68. The lowest BCUT2D eigenvalue weighted by atomic mass is 10.1. The Hall–Kier alpha value is -3.28. The number of methoxy groups -OCH3 is 2. The summed E-state index contributed by atoms with van der Waals surface area (Å²) in [6, 6.07) is 17.9. The fourth-order valence-electron chi connectivity index (χ4n) is 3.38. The molecular weight excluding hydrogens is 352 g/mol. The summed E-state index contributed by atoms with van der Waals surface area (Å²) in [4.78, 5) is 11.8. The van der Waals surface area contributed by atoms with Gasteiger partial charge in [-0.15, -0.1) is 0 Å². The summed E-state index contributed by atoms with van der Waals surface area (Å²) in [6.45, 7) is 1.99. The highest BCUT2D eigenvalue weighted by atomic mass is 16.5. The van der Waals surface area contributed by atoms with Crippen LogP contribution in [0.1, 0.15) is 12.8 Å². The Balaban J connectivity index is 1.70. The van der Waals surface area contributed by atoms with E-state index < -0.39 is 0 Å². The van der Waals surface area contributed by atoms with Crippen LogP contribution in [0.5, 0.6) is 11.5 Å². The third-order valence-corrected chi connectivity index (χ3v) is 4.83.